The Morgan fingerprint density at radius 3 is 1.32 bits per heavy atom. The average Bonchev–Trinajstić information content (AvgIpc) is 2.88. The number of rotatable bonds is 9. The predicted molar refractivity (Wildman–Crippen MR) is 153 cm³/mol. The number of allylic oxidation sites excluding steroid dienone is 2. The molecule has 0 bridgehead atoms. The SMILES string of the molecule is O=P(O)(O)c1ccc(C[n+]2ccc(/C=C/C=C/c3cc[n+](Cc4ccc(P(O)(O)=P)cc4)cc3)cc2)cc1. The predicted octanol–water partition coefficient (Wildman–Crippen LogP) is 3.40. The van der Waals surface area contributed by atoms with E-state index in [0.29, 0.717) is 18.4 Å². The van der Waals surface area contributed by atoms with Gasteiger partial charge in [0.1, 0.15) is 0 Å². The van der Waals surface area contributed by atoms with Crippen LogP contribution in [0.3, 0.4) is 0 Å². The third-order valence-electron chi connectivity index (χ3n) is 5.82. The van der Waals surface area contributed by atoms with Crippen molar-refractivity contribution in [2.45, 2.75) is 13.1 Å². The van der Waals surface area contributed by atoms with Crippen LogP contribution in [0, 0.1) is 0 Å². The molecule has 0 fully saturated rings. The van der Waals surface area contributed by atoms with E-state index >= 15 is 0 Å². The first-order chi connectivity index (χ1) is 18.1. The topological polar surface area (TPSA) is 106 Å². The van der Waals surface area contributed by atoms with Gasteiger partial charge >= 0.3 is 7.60 Å². The van der Waals surface area contributed by atoms with Crippen molar-refractivity contribution in [3.05, 3.63) is 132 Å². The molecule has 10 heteroatoms. The van der Waals surface area contributed by atoms with Gasteiger partial charge in [-0.15, -0.1) is 0 Å². The highest BCUT2D eigenvalue weighted by Crippen LogP contribution is 2.40. The highest BCUT2D eigenvalue weighted by atomic mass is 31.8. The summed E-state index contributed by atoms with van der Waals surface area (Å²) < 4.78 is 15.4. The van der Waals surface area contributed by atoms with Gasteiger partial charge in [0, 0.05) is 40.7 Å². The lowest BCUT2D eigenvalue weighted by molar-refractivity contribution is -0.688. The summed E-state index contributed by atoms with van der Waals surface area (Å²) in [6.07, 6.45) is 16.0. The lowest BCUT2D eigenvalue weighted by Gasteiger charge is -2.09. The Labute approximate surface area is 224 Å². The Morgan fingerprint density at radius 1 is 0.605 bits per heavy atom. The van der Waals surface area contributed by atoms with Crippen LogP contribution in [-0.2, 0) is 17.7 Å². The van der Waals surface area contributed by atoms with Crippen molar-refractivity contribution in [3.63, 3.8) is 0 Å². The van der Waals surface area contributed by atoms with Crippen LogP contribution in [0.5, 0.6) is 0 Å². The van der Waals surface area contributed by atoms with Crippen LogP contribution in [0.1, 0.15) is 22.3 Å². The maximum absolute atomic E-state index is 11.3. The lowest BCUT2D eigenvalue weighted by Crippen LogP contribution is -2.33. The van der Waals surface area contributed by atoms with Crippen LogP contribution in [0.15, 0.2) is 110 Å². The first kappa shape index (κ1) is 28.0. The average molecular weight is 566 g/mol. The molecule has 0 radical (unpaired) electrons. The summed E-state index contributed by atoms with van der Waals surface area (Å²) in [5.74, 6) is 0. The quantitative estimate of drug-likeness (QED) is 0.141. The molecule has 0 saturated heterocycles. The van der Waals surface area contributed by atoms with E-state index in [1.165, 1.54) is 12.1 Å². The molecule has 38 heavy (non-hydrogen) atoms. The summed E-state index contributed by atoms with van der Waals surface area (Å²) in [7, 11) is -4.40. The largest absolute Gasteiger partial charge is 0.356 e. The van der Waals surface area contributed by atoms with Crippen LogP contribution in [0.4, 0.5) is 0 Å². The van der Waals surface area contributed by atoms with Crippen LogP contribution in [0.2, 0.25) is 0 Å². The summed E-state index contributed by atoms with van der Waals surface area (Å²) in [6, 6.07) is 21.7. The molecular weight excluding hydrogens is 537 g/mol. The molecule has 2 aromatic heterocycles. The van der Waals surface area contributed by atoms with E-state index in [4.69, 9.17) is 0 Å². The Kier molecular flexibility index (Phi) is 9.04. The molecule has 2 aromatic carbocycles. The van der Waals surface area contributed by atoms with Crippen LogP contribution in [-0.4, -0.2) is 19.6 Å². The van der Waals surface area contributed by atoms with Crippen molar-refractivity contribution >= 4 is 45.9 Å². The highest BCUT2D eigenvalue weighted by Gasteiger charge is 2.16. The van der Waals surface area contributed by atoms with Gasteiger partial charge in [-0.1, -0.05) is 57.1 Å². The minimum atomic E-state index is -4.22. The second kappa shape index (κ2) is 12.3. The molecule has 0 aliphatic carbocycles. The third-order valence-corrected chi connectivity index (χ3v) is 8.59. The van der Waals surface area contributed by atoms with Crippen molar-refractivity contribution in [1.29, 1.82) is 0 Å². The van der Waals surface area contributed by atoms with Gasteiger partial charge in [0.25, 0.3) is 0 Å². The fraction of sp³-hybridized carbons (Fsp3) is 0.0714. The molecular formula is C28H29N2O5P3+2. The number of hydrogen-bond acceptors (Lipinski definition) is 1. The number of pyridine rings is 2. The van der Waals surface area contributed by atoms with Gasteiger partial charge in [-0.2, -0.15) is 0 Å². The van der Waals surface area contributed by atoms with Gasteiger partial charge in [-0.05, 0) is 35.4 Å². The molecule has 194 valence electrons. The highest BCUT2D eigenvalue weighted by molar-refractivity contribution is 7.96. The zero-order chi connectivity index (χ0) is 27.2. The maximum atomic E-state index is 11.3. The molecule has 4 N–H and O–H groups in total. The van der Waals surface area contributed by atoms with Gasteiger partial charge in [0.05, 0.1) is 5.30 Å². The Bertz CT molecular complexity index is 1400. The first-order valence-electron chi connectivity index (χ1n) is 11.7. The molecule has 0 saturated carbocycles. The number of hydrogen-bond donors (Lipinski definition) is 4. The monoisotopic (exact) mass is 566 g/mol. The van der Waals surface area contributed by atoms with Crippen LogP contribution >= 0.6 is 23.1 Å². The Hall–Kier alpha value is -2.98. The minimum Gasteiger partial charge on any atom is -0.347 e. The molecule has 0 unspecified atom stereocenters. The molecule has 0 atom stereocenters. The zero-order valence-corrected chi connectivity index (χ0v) is 23.2. The molecule has 4 aromatic rings. The normalized spacial score (nSPS) is 12.4. The van der Waals surface area contributed by atoms with Gasteiger partial charge in [0.15, 0.2) is 44.9 Å². The fourth-order valence-corrected chi connectivity index (χ4v) is 5.28. The van der Waals surface area contributed by atoms with Gasteiger partial charge in [0.2, 0.25) is 0 Å². The van der Waals surface area contributed by atoms with Crippen molar-refractivity contribution in [3.8, 4) is 0 Å². The second-order valence-electron chi connectivity index (χ2n) is 8.80. The Morgan fingerprint density at radius 2 is 0.974 bits per heavy atom. The minimum absolute atomic E-state index is 0.0239. The molecule has 0 amide bonds. The fourth-order valence-electron chi connectivity index (χ4n) is 3.73. The first-order valence-corrected chi connectivity index (χ1v) is 16.4. The van der Waals surface area contributed by atoms with E-state index in [9.17, 15) is 24.1 Å². The van der Waals surface area contributed by atoms with Gasteiger partial charge in [-0.3, -0.25) is 4.57 Å². The summed E-state index contributed by atoms with van der Waals surface area (Å²) in [5, 5.41) is 0.510. The number of benzene rings is 2. The second-order valence-corrected chi connectivity index (χ2v) is 14.0. The maximum Gasteiger partial charge on any atom is 0.356 e. The molecule has 0 spiro atoms. The summed E-state index contributed by atoms with van der Waals surface area (Å²) in [4.78, 5) is 37.8. The Balaban J connectivity index is 1.28. The molecule has 0 aliphatic heterocycles. The molecule has 4 rings (SSSR count). The zero-order valence-electron chi connectivity index (χ0n) is 20.4. The molecule has 2 heterocycles. The van der Waals surface area contributed by atoms with Gasteiger partial charge < -0.3 is 19.6 Å². The van der Waals surface area contributed by atoms with Crippen molar-refractivity contribution in [2.75, 3.05) is 0 Å². The standard InChI is InChI=1S/C28H27N2O5P3/c31-37(32,33)27-9-5-25(6-10-27)21-29-17-13-23(14-18-29)3-1-2-4-24-15-19-30(20-16-24)22-26-7-11-28(12-8-26)38(34,35)36/h1-20,36H,21-22H2,(H2-2,31,32,33,34,35)/p+2/b3-1+,4-2+. The van der Waals surface area contributed by atoms with E-state index in [0.717, 1.165) is 22.3 Å². The van der Waals surface area contributed by atoms with E-state index in [1.807, 2.05) is 90.1 Å². The molecule has 0 aliphatic rings. The third kappa shape index (κ3) is 8.26. The van der Waals surface area contributed by atoms with Crippen LogP contribution < -0.4 is 19.7 Å². The number of aromatic nitrogens is 2. The summed E-state index contributed by atoms with van der Waals surface area (Å²) >= 11 is 0. The number of nitrogens with zero attached hydrogens (tertiary/aromatic N) is 2. The van der Waals surface area contributed by atoms with Crippen molar-refractivity contribution in [1.82, 2.24) is 0 Å². The van der Waals surface area contributed by atoms with E-state index in [-0.39, 0.29) is 5.30 Å². The smallest absolute Gasteiger partial charge is 0.347 e. The van der Waals surface area contributed by atoms with Crippen molar-refractivity contribution in [2.24, 2.45) is 0 Å². The van der Waals surface area contributed by atoms with Crippen molar-refractivity contribution < 1.29 is 33.3 Å². The van der Waals surface area contributed by atoms with Crippen LogP contribution in [0.25, 0.3) is 12.2 Å². The molecule has 7 nitrogen and oxygen atoms in total. The van der Waals surface area contributed by atoms with E-state index < -0.39 is 14.6 Å². The summed E-state index contributed by atoms with van der Waals surface area (Å²) in [5.41, 5.74) is 4.15. The van der Waals surface area contributed by atoms with Gasteiger partial charge in [-0.25, -0.2) is 9.13 Å². The van der Waals surface area contributed by atoms with E-state index in [2.05, 4.69) is 13.1 Å². The van der Waals surface area contributed by atoms with E-state index in [1.54, 1.807) is 24.3 Å². The summed E-state index contributed by atoms with van der Waals surface area (Å²) in [6.45, 7) is 1.29. The lowest BCUT2D eigenvalue weighted by atomic mass is 10.2.